The van der Waals surface area contributed by atoms with E-state index < -0.39 is 0 Å². The molecule has 0 aromatic heterocycles. The Bertz CT molecular complexity index is 211. The second-order valence-electron chi connectivity index (χ2n) is 5.49. The van der Waals surface area contributed by atoms with E-state index in [0.29, 0.717) is 6.54 Å². The van der Waals surface area contributed by atoms with Gasteiger partial charge >= 0.3 is 0 Å². The van der Waals surface area contributed by atoms with Gasteiger partial charge < -0.3 is 15.7 Å². The highest BCUT2D eigenvalue weighted by atomic mass is 16.3. The Kier molecular flexibility index (Phi) is 5.22. The topological polar surface area (TPSA) is 52.7 Å². The summed E-state index contributed by atoms with van der Waals surface area (Å²) in [6, 6.07) is 0.867. The second-order valence-corrected chi connectivity index (χ2v) is 5.49. The molecule has 1 unspecified atom stereocenters. The van der Waals surface area contributed by atoms with Gasteiger partial charge in [0.15, 0.2) is 0 Å². The van der Waals surface area contributed by atoms with E-state index in [-0.39, 0.29) is 6.10 Å². The van der Waals surface area contributed by atoms with Crippen LogP contribution in [0.2, 0.25) is 0 Å². The minimum Gasteiger partial charge on any atom is -0.392 e. The lowest BCUT2D eigenvalue weighted by atomic mass is 10.1. The average molecular weight is 241 g/mol. The predicted molar refractivity (Wildman–Crippen MR) is 69.9 cm³/mol. The molecule has 0 radical (unpaired) electrons. The van der Waals surface area contributed by atoms with Gasteiger partial charge in [0.2, 0.25) is 0 Å². The van der Waals surface area contributed by atoms with Gasteiger partial charge in [0, 0.05) is 45.3 Å². The molecule has 0 amide bonds. The summed E-state index contributed by atoms with van der Waals surface area (Å²) in [5, 5.41) is 9.45. The van der Waals surface area contributed by atoms with Crippen molar-refractivity contribution in [3.8, 4) is 0 Å². The number of rotatable bonds is 5. The summed E-state index contributed by atoms with van der Waals surface area (Å²) in [6.07, 6.45) is 6.17. The monoisotopic (exact) mass is 241 g/mol. The molecule has 1 saturated heterocycles. The maximum Gasteiger partial charge on any atom is 0.0674 e. The molecule has 100 valence electrons. The fourth-order valence-corrected chi connectivity index (χ4v) is 3.07. The first-order valence-electron chi connectivity index (χ1n) is 7.14. The maximum absolute atomic E-state index is 9.45. The Labute approximate surface area is 105 Å². The van der Waals surface area contributed by atoms with Crippen LogP contribution in [0.5, 0.6) is 0 Å². The van der Waals surface area contributed by atoms with Gasteiger partial charge in [-0.2, -0.15) is 0 Å². The highest BCUT2D eigenvalue weighted by Crippen LogP contribution is 2.24. The average Bonchev–Trinajstić information content (AvgIpc) is 2.90. The van der Waals surface area contributed by atoms with Crippen LogP contribution < -0.4 is 5.73 Å². The number of hydrogen-bond acceptors (Lipinski definition) is 4. The van der Waals surface area contributed by atoms with E-state index in [1.54, 1.807) is 0 Å². The molecule has 17 heavy (non-hydrogen) atoms. The molecule has 1 aliphatic carbocycles. The van der Waals surface area contributed by atoms with E-state index in [4.69, 9.17) is 5.73 Å². The van der Waals surface area contributed by atoms with Crippen LogP contribution in [0.4, 0.5) is 0 Å². The zero-order valence-corrected chi connectivity index (χ0v) is 10.9. The van der Waals surface area contributed by atoms with Crippen LogP contribution in [0, 0.1) is 0 Å². The van der Waals surface area contributed by atoms with Crippen molar-refractivity contribution in [3.05, 3.63) is 0 Å². The smallest absolute Gasteiger partial charge is 0.0674 e. The van der Waals surface area contributed by atoms with Gasteiger partial charge in [-0.1, -0.05) is 12.8 Å². The summed E-state index contributed by atoms with van der Waals surface area (Å²) >= 11 is 0. The largest absolute Gasteiger partial charge is 0.392 e. The third-order valence-corrected chi connectivity index (χ3v) is 4.30. The number of piperazine rings is 1. The van der Waals surface area contributed by atoms with E-state index in [0.717, 1.165) is 32.1 Å². The number of hydrogen-bond donors (Lipinski definition) is 2. The van der Waals surface area contributed by atoms with Gasteiger partial charge in [-0.15, -0.1) is 0 Å². The number of aliphatic hydroxyl groups excluding tert-OH is 1. The lowest BCUT2D eigenvalue weighted by Crippen LogP contribution is -2.50. The van der Waals surface area contributed by atoms with Crippen molar-refractivity contribution in [1.82, 2.24) is 9.80 Å². The molecule has 1 aliphatic heterocycles. The van der Waals surface area contributed by atoms with Crippen LogP contribution in [0.25, 0.3) is 0 Å². The summed E-state index contributed by atoms with van der Waals surface area (Å²) in [6.45, 7) is 6.13. The van der Waals surface area contributed by atoms with Crippen LogP contribution in [-0.4, -0.2) is 66.3 Å². The van der Waals surface area contributed by atoms with Crippen LogP contribution >= 0.6 is 0 Å². The molecule has 1 atom stereocenters. The molecule has 1 heterocycles. The summed E-state index contributed by atoms with van der Waals surface area (Å²) < 4.78 is 0. The highest BCUT2D eigenvalue weighted by molar-refractivity contribution is 4.82. The Morgan fingerprint density at radius 3 is 2.35 bits per heavy atom. The molecular formula is C13H27N3O. The lowest BCUT2D eigenvalue weighted by molar-refractivity contribution is 0.0827. The molecule has 2 fully saturated rings. The second kappa shape index (κ2) is 6.69. The number of nitrogens with two attached hydrogens (primary N) is 1. The van der Waals surface area contributed by atoms with Gasteiger partial charge in [0.05, 0.1) is 6.10 Å². The molecule has 0 aromatic carbocycles. The zero-order chi connectivity index (χ0) is 12.1. The number of aliphatic hydroxyl groups is 1. The third kappa shape index (κ3) is 3.91. The van der Waals surface area contributed by atoms with Gasteiger partial charge in [-0.3, -0.25) is 4.90 Å². The van der Waals surface area contributed by atoms with Crippen LogP contribution in [0.1, 0.15) is 32.1 Å². The minimum atomic E-state index is -0.317. The third-order valence-electron chi connectivity index (χ3n) is 4.30. The standard InChI is InChI=1S/C13H27N3O/c14-11-13(17)5-6-15-7-9-16(10-8-15)12-3-1-2-4-12/h12-13,17H,1-11,14H2. The van der Waals surface area contributed by atoms with Gasteiger partial charge in [-0.05, 0) is 19.3 Å². The van der Waals surface area contributed by atoms with Crippen LogP contribution in [0.15, 0.2) is 0 Å². The fraction of sp³-hybridized carbons (Fsp3) is 1.00. The number of nitrogens with zero attached hydrogens (tertiary/aromatic N) is 2. The Morgan fingerprint density at radius 2 is 1.76 bits per heavy atom. The molecule has 2 aliphatic rings. The molecule has 0 aromatic rings. The molecule has 3 N–H and O–H groups in total. The molecule has 0 bridgehead atoms. The van der Waals surface area contributed by atoms with Gasteiger partial charge in [0.25, 0.3) is 0 Å². The van der Waals surface area contributed by atoms with E-state index in [2.05, 4.69) is 9.80 Å². The Balaban J connectivity index is 1.63. The normalized spacial score (nSPS) is 26.5. The van der Waals surface area contributed by atoms with Crippen molar-refractivity contribution in [1.29, 1.82) is 0 Å². The van der Waals surface area contributed by atoms with Gasteiger partial charge in [-0.25, -0.2) is 0 Å². The first-order chi connectivity index (χ1) is 8.29. The Hall–Kier alpha value is -0.160. The van der Waals surface area contributed by atoms with Gasteiger partial charge in [0.1, 0.15) is 0 Å². The first-order valence-corrected chi connectivity index (χ1v) is 7.14. The molecule has 0 spiro atoms. The van der Waals surface area contributed by atoms with E-state index >= 15 is 0 Å². The molecular weight excluding hydrogens is 214 g/mol. The predicted octanol–water partition coefficient (Wildman–Crippen LogP) is 0.256. The molecule has 1 saturated carbocycles. The van der Waals surface area contributed by atoms with Crippen LogP contribution in [0.3, 0.4) is 0 Å². The quantitative estimate of drug-likeness (QED) is 0.725. The minimum absolute atomic E-state index is 0.317. The SMILES string of the molecule is NCC(O)CCN1CCN(C2CCCC2)CC1. The fourth-order valence-electron chi connectivity index (χ4n) is 3.07. The molecule has 4 heteroatoms. The summed E-state index contributed by atoms with van der Waals surface area (Å²) in [7, 11) is 0. The zero-order valence-electron chi connectivity index (χ0n) is 10.9. The van der Waals surface area contributed by atoms with Crippen LogP contribution in [-0.2, 0) is 0 Å². The summed E-state index contributed by atoms with van der Waals surface area (Å²) in [5.74, 6) is 0. The highest BCUT2D eigenvalue weighted by Gasteiger charge is 2.25. The van der Waals surface area contributed by atoms with Crippen molar-refractivity contribution in [2.45, 2.75) is 44.2 Å². The molecule has 2 rings (SSSR count). The van der Waals surface area contributed by atoms with E-state index in [1.807, 2.05) is 0 Å². The van der Waals surface area contributed by atoms with Crippen molar-refractivity contribution >= 4 is 0 Å². The lowest BCUT2D eigenvalue weighted by Gasteiger charge is -2.38. The van der Waals surface area contributed by atoms with Crippen molar-refractivity contribution in [3.63, 3.8) is 0 Å². The molecule has 4 nitrogen and oxygen atoms in total. The first kappa shape index (κ1) is 13.3. The van der Waals surface area contributed by atoms with Crippen molar-refractivity contribution < 1.29 is 5.11 Å². The summed E-state index contributed by atoms with van der Waals surface area (Å²) in [4.78, 5) is 5.13. The van der Waals surface area contributed by atoms with Crippen molar-refractivity contribution in [2.75, 3.05) is 39.3 Å². The summed E-state index contributed by atoms with van der Waals surface area (Å²) in [5.41, 5.74) is 5.42. The Morgan fingerprint density at radius 1 is 1.12 bits per heavy atom. The maximum atomic E-state index is 9.45. The van der Waals surface area contributed by atoms with E-state index in [9.17, 15) is 5.11 Å². The van der Waals surface area contributed by atoms with Crippen molar-refractivity contribution in [2.24, 2.45) is 5.73 Å². The van der Waals surface area contributed by atoms with E-state index in [1.165, 1.54) is 38.8 Å².